The summed E-state index contributed by atoms with van der Waals surface area (Å²) in [6.07, 6.45) is 2.13. The lowest BCUT2D eigenvalue weighted by Crippen LogP contribution is -2.56. The van der Waals surface area contributed by atoms with Crippen LogP contribution in [0.1, 0.15) is 51.5 Å². The molecule has 7 heteroatoms. The van der Waals surface area contributed by atoms with Crippen LogP contribution in [0.3, 0.4) is 0 Å². The number of hydrogen-bond acceptors (Lipinski definition) is 5. The highest BCUT2D eigenvalue weighted by atomic mass is 16.6. The summed E-state index contributed by atoms with van der Waals surface area (Å²) in [5.41, 5.74) is 0.794. The van der Waals surface area contributed by atoms with E-state index in [1.54, 1.807) is 4.90 Å². The molecule has 0 spiro atoms. The maximum Gasteiger partial charge on any atom is 0.410 e. The first kappa shape index (κ1) is 22.4. The molecule has 1 aromatic rings. The molecule has 166 valence electrons. The van der Waals surface area contributed by atoms with E-state index in [-0.39, 0.29) is 18.2 Å². The van der Waals surface area contributed by atoms with E-state index in [9.17, 15) is 9.59 Å². The molecule has 2 heterocycles. The van der Waals surface area contributed by atoms with Gasteiger partial charge in [-0.3, -0.25) is 0 Å². The van der Waals surface area contributed by atoms with E-state index in [0.29, 0.717) is 38.1 Å². The van der Waals surface area contributed by atoms with Crippen molar-refractivity contribution < 1.29 is 19.1 Å². The molecule has 2 fully saturated rings. The smallest absolute Gasteiger partial charge is 0.410 e. The molecule has 0 aromatic heterocycles. The molecular weight excluding hydrogens is 382 g/mol. The number of amides is 2. The Balaban J connectivity index is 1.67. The maximum absolute atomic E-state index is 12.7. The number of methoxy groups -OCH3 is 1. The van der Waals surface area contributed by atoms with Crippen LogP contribution in [0.5, 0.6) is 0 Å². The molecule has 3 rings (SSSR count). The second-order valence-electron chi connectivity index (χ2n) is 9.24. The number of nitrogens with zero attached hydrogens (tertiary/aromatic N) is 2. The Labute approximate surface area is 179 Å². The quantitative estimate of drug-likeness (QED) is 0.814. The largest absolute Gasteiger partial charge is 0.453 e. The summed E-state index contributed by atoms with van der Waals surface area (Å²) in [5, 5.41) is 3.80. The van der Waals surface area contributed by atoms with Gasteiger partial charge in [0, 0.05) is 44.2 Å². The van der Waals surface area contributed by atoms with E-state index in [4.69, 9.17) is 9.47 Å². The normalized spacial score (nSPS) is 23.2. The fourth-order valence-electron chi connectivity index (χ4n) is 4.37. The van der Waals surface area contributed by atoms with E-state index < -0.39 is 5.60 Å². The van der Waals surface area contributed by atoms with Gasteiger partial charge in [0.25, 0.3) is 0 Å². The molecule has 2 saturated heterocycles. The minimum Gasteiger partial charge on any atom is -0.453 e. The first-order chi connectivity index (χ1) is 14.3. The van der Waals surface area contributed by atoms with Crippen LogP contribution in [-0.4, -0.2) is 73.0 Å². The lowest BCUT2D eigenvalue weighted by atomic mass is 9.84. The number of ether oxygens (including phenoxy) is 2. The first-order valence-corrected chi connectivity index (χ1v) is 10.9. The summed E-state index contributed by atoms with van der Waals surface area (Å²) < 4.78 is 10.4. The summed E-state index contributed by atoms with van der Waals surface area (Å²) >= 11 is 0. The zero-order valence-corrected chi connectivity index (χ0v) is 18.6. The Morgan fingerprint density at radius 3 is 2.20 bits per heavy atom. The van der Waals surface area contributed by atoms with Crippen molar-refractivity contribution in [2.24, 2.45) is 0 Å². The molecule has 30 heavy (non-hydrogen) atoms. The van der Waals surface area contributed by atoms with E-state index in [1.807, 2.05) is 31.7 Å². The summed E-state index contributed by atoms with van der Waals surface area (Å²) in [5.74, 6) is 0.337. The lowest BCUT2D eigenvalue weighted by Gasteiger charge is -2.42. The van der Waals surface area contributed by atoms with Crippen LogP contribution in [0.25, 0.3) is 0 Å². The molecular formula is C23H35N3O4. The molecule has 0 saturated carbocycles. The predicted molar refractivity (Wildman–Crippen MR) is 116 cm³/mol. The van der Waals surface area contributed by atoms with Crippen molar-refractivity contribution in [1.29, 1.82) is 0 Å². The van der Waals surface area contributed by atoms with E-state index in [0.717, 1.165) is 19.3 Å². The van der Waals surface area contributed by atoms with E-state index in [1.165, 1.54) is 12.7 Å². The summed E-state index contributed by atoms with van der Waals surface area (Å²) in [7, 11) is 1.42. The Bertz CT molecular complexity index is 711. The molecule has 0 unspecified atom stereocenters. The Kier molecular flexibility index (Phi) is 7.23. The van der Waals surface area contributed by atoms with Crippen LogP contribution < -0.4 is 5.32 Å². The van der Waals surface area contributed by atoms with Crippen molar-refractivity contribution in [3.05, 3.63) is 35.9 Å². The number of carbonyl (C=O) groups excluding carboxylic acids is 2. The monoisotopic (exact) mass is 417 g/mol. The van der Waals surface area contributed by atoms with Gasteiger partial charge in [0.15, 0.2) is 0 Å². The highest BCUT2D eigenvalue weighted by molar-refractivity contribution is 5.68. The van der Waals surface area contributed by atoms with Crippen LogP contribution in [0.2, 0.25) is 0 Å². The zero-order chi connectivity index (χ0) is 21.7. The molecule has 0 bridgehead atoms. The number of carbonyl (C=O) groups is 2. The van der Waals surface area contributed by atoms with Crippen LogP contribution in [-0.2, 0) is 9.47 Å². The topological polar surface area (TPSA) is 71.1 Å². The summed E-state index contributed by atoms with van der Waals surface area (Å²) in [4.78, 5) is 28.0. The predicted octanol–water partition coefficient (Wildman–Crippen LogP) is 3.60. The standard InChI is InChI=1S/C23H35N3O4/c1-23(2,3)30-22(28)26-15-12-19(17-8-6-5-7-9-17)20(16-26)24-18-10-13-25(14-11-18)21(27)29-4/h5-9,18-20,24H,10-16H2,1-4H3/t19-,20+/m0/s1. The zero-order valence-electron chi connectivity index (χ0n) is 18.6. The maximum atomic E-state index is 12.7. The third-order valence-electron chi connectivity index (χ3n) is 5.87. The molecule has 0 aliphatic carbocycles. The van der Waals surface area contributed by atoms with Crippen molar-refractivity contribution >= 4 is 12.2 Å². The number of likely N-dealkylation sites (tertiary alicyclic amines) is 2. The van der Waals surface area contributed by atoms with Gasteiger partial charge in [-0.2, -0.15) is 0 Å². The van der Waals surface area contributed by atoms with E-state index in [2.05, 4.69) is 29.6 Å². The van der Waals surface area contributed by atoms with Crippen LogP contribution >= 0.6 is 0 Å². The van der Waals surface area contributed by atoms with Gasteiger partial charge in [-0.25, -0.2) is 9.59 Å². The Hall–Kier alpha value is -2.28. The molecule has 2 amide bonds. The Morgan fingerprint density at radius 2 is 1.60 bits per heavy atom. The molecule has 1 N–H and O–H groups in total. The van der Waals surface area contributed by atoms with Crippen molar-refractivity contribution in [3.63, 3.8) is 0 Å². The van der Waals surface area contributed by atoms with Gasteiger partial charge in [-0.15, -0.1) is 0 Å². The number of piperidine rings is 2. The highest BCUT2D eigenvalue weighted by Crippen LogP contribution is 2.30. The molecule has 2 aliphatic rings. The van der Waals surface area contributed by atoms with Crippen LogP contribution in [0.15, 0.2) is 30.3 Å². The van der Waals surface area contributed by atoms with Crippen LogP contribution in [0, 0.1) is 0 Å². The molecule has 0 radical (unpaired) electrons. The third kappa shape index (κ3) is 5.88. The van der Waals surface area contributed by atoms with Gasteiger partial charge in [-0.1, -0.05) is 30.3 Å². The SMILES string of the molecule is COC(=O)N1CCC(N[C@@H]2CN(C(=O)OC(C)(C)C)CC[C@H]2c2ccccc2)CC1. The molecule has 1 aromatic carbocycles. The number of hydrogen-bond donors (Lipinski definition) is 1. The van der Waals surface area contributed by atoms with E-state index >= 15 is 0 Å². The number of nitrogens with one attached hydrogen (secondary N) is 1. The van der Waals surface area contributed by atoms with Gasteiger partial charge < -0.3 is 24.6 Å². The molecule has 2 aliphatic heterocycles. The fourth-order valence-corrected chi connectivity index (χ4v) is 4.37. The van der Waals surface area contributed by atoms with Crippen molar-refractivity contribution in [2.45, 2.75) is 63.6 Å². The number of rotatable bonds is 3. The van der Waals surface area contributed by atoms with Crippen molar-refractivity contribution in [2.75, 3.05) is 33.3 Å². The Morgan fingerprint density at radius 1 is 0.967 bits per heavy atom. The summed E-state index contributed by atoms with van der Waals surface area (Å²) in [6.45, 7) is 8.36. The van der Waals surface area contributed by atoms with Crippen molar-refractivity contribution in [1.82, 2.24) is 15.1 Å². The molecule has 2 atom stereocenters. The average molecular weight is 418 g/mol. The van der Waals surface area contributed by atoms with Gasteiger partial charge in [0.1, 0.15) is 5.60 Å². The minimum absolute atomic E-state index is 0.142. The minimum atomic E-state index is -0.503. The van der Waals surface area contributed by atoms with Gasteiger partial charge in [-0.05, 0) is 45.6 Å². The van der Waals surface area contributed by atoms with Gasteiger partial charge in [0.2, 0.25) is 0 Å². The summed E-state index contributed by atoms with van der Waals surface area (Å²) in [6, 6.07) is 11.0. The van der Waals surface area contributed by atoms with Gasteiger partial charge in [0.05, 0.1) is 7.11 Å². The van der Waals surface area contributed by atoms with Gasteiger partial charge >= 0.3 is 12.2 Å². The fraction of sp³-hybridized carbons (Fsp3) is 0.652. The second kappa shape index (κ2) is 9.69. The first-order valence-electron chi connectivity index (χ1n) is 10.9. The molecule has 7 nitrogen and oxygen atoms in total. The second-order valence-corrected chi connectivity index (χ2v) is 9.24. The van der Waals surface area contributed by atoms with Crippen LogP contribution in [0.4, 0.5) is 9.59 Å². The third-order valence-corrected chi connectivity index (χ3v) is 5.87. The number of benzene rings is 1. The average Bonchev–Trinajstić information content (AvgIpc) is 2.73. The van der Waals surface area contributed by atoms with Crippen molar-refractivity contribution in [3.8, 4) is 0 Å². The highest BCUT2D eigenvalue weighted by Gasteiger charge is 2.36. The lowest BCUT2D eigenvalue weighted by molar-refractivity contribution is 0.0160.